The molecule has 1 heterocycles. The number of amidine groups is 1. The maximum Gasteiger partial charge on any atom is 0.260 e. The fraction of sp³-hybridized carbons (Fsp3) is 0.250. The summed E-state index contributed by atoms with van der Waals surface area (Å²) >= 11 is 1.25. The van der Waals surface area contributed by atoms with Gasteiger partial charge in [-0.05, 0) is 0 Å². The second-order valence-corrected chi connectivity index (χ2v) is 2.22. The van der Waals surface area contributed by atoms with Crippen molar-refractivity contribution < 1.29 is 4.79 Å². The zero-order valence-corrected chi connectivity index (χ0v) is 4.79. The van der Waals surface area contributed by atoms with E-state index in [4.69, 9.17) is 5.41 Å². The molecule has 0 fully saturated rings. The summed E-state index contributed by atoms with van der Waals surface area (Å²) in [7, 11) is 0. The summed E-state index contributed by atoms with van der Waals surface area (Å²) in [5.74, 6) is 0.776. The Morgan fingerprint density at radius 3 is 2.88 bits per heavy atom. The van der Waals surface area contributed by atoms with Crippen LogP contribution in [0.5, 0.6) is 0 Å². The Bertz CT molecular complexity index is 163. The monoisotopic (exact) mass is 127 g/mol. The van der Waals surface area contributed by atoms with Crippen LogP contribution < -0.4 is 0 Å². The molecule has 0 aromatic carbocycles. The Morgan fingerprint density at radius 2 is 2.62 bits per heavy atom. The number of hydrogen-bond acceptors (Lipinski definition) is 3. The Kier molecular flexibility index (Phi) is 1.43. The van der Waals surface area contributed by atoms with E-state index in [2.05, 4.69) is 4.99 Å². The Morgan fingerprint density at radius 1 is 1.88 bits per heavy atom. The number of aliphatic imine (C=N–C) groups is 1. The largest absolute Gasteiger partial charge is 0.286 e. The number of nitrogens with one attached hydrogen (secondary N) is 1. The smallest absolute Gasteiger partial charge is 0.260 e. The molecule has 0 aliphatic carbocycles. The molecule has 3 nitrogen and oxygen atoms in total. The molecule has 0 unspecified atom stereocenters. The lowest BCUT2D eigenvalue weighted by Crippen LogP contribution is -1.85. The van der Waals surface area contributed by atoms with E-state index in [0.29, 0.717) is 10.8 Å². The molecular formula is C4H3N2OS. The second-order valence-electron chi connectivity index (χ2n) is 1.25. The van der Waals surface area contributed by atoms with Crippen LogP contribution in [-0.2, 0) is 4.79 Å². The van der Waals surface area contributed by atoms with Crippen molar-refractivity contribution in [2.75, 3.05) is 5.75 Å². The first-order valence-electron chi connectivity index (χ1n) is 2.00. The number of thioether (sulfide) groups is 1. The molecule has 0 spiro atoms. The summed E-state index contributed by atoms with van der Waals surface area (Å²) in [6.45, 7) is 0. The lowest BCUT2D eigenvalue weighted by molar-refractivity contribution is 0.567. The molecule has 0 aromatic heterocycles. The van der Waals surface area contributed by atoms with Crippen LogP contribution in [0.3, 0.4) is 0 Å². The van der Waals surface area contributed by atoms with E-state index in [1.54, 1.807) is 6.29 Å². The molecule has 1 radical (unpaired) electrons. The lowest BCUT2D eigenvalue weighted by atomic mass is 10.7. The van der Waals surface area contributed by atoms with Gasteiger partial charge in [-0.25, -0.2) is 4.99 Å². The van der Waals surface area contributed by atoms with Gasteiger partial charge in [-0.3, -0.25) is 10.2 Å². The van der Waals surface area contributed by atoms with Crippen molar-refractivity contribution in [3.63, 3.8) is 0 Å². The van der Waals surface area contributed by atoms with Crippen LogP contribution in [0.4, 0.5) is 0 Å². The highest BCUT2D eigenvalue weighted by Gasteiger charge is 2.10. The first-order valence-corrected chi connectivity index (χ1v) is 2.98. The van der Waals surface area contributed by atoms with E-state index >= 15 is 0 Å². The summed E-state index contributed by atoms with van der Waals surface area (Å²) in [4.78, 5) is 13.3. The minimum Gasteiger partial charge on any atom is -0.286 e. The van der Waals surface area contributed by atoms with Crippen LogP contribution in [0.2, 0.25) is 0 Å². The summed E-state index contributed by atoms with van der Waals surface area (Å²) in [6, 6.07) is 0. The Hall–Kier alpha value is -0.640. The highest BCUT2D eigenvalue weighted by Crippen LogP contribution is 2.10. The predicted octanol–water partition coefficient (Wildman–Crippen LogP) is 0.219. The van der Waals surface area contributed by atoms with Crippen LogP contribution in [0.15, 0.2) is 4.99 Å². The van der Waals surface area contributed by atoms with E-state index in [1.807, 2.05) is 0 Å². The molecule has 1 aliphatic heterocycles. The third-order valence-corrected chi connectivity index (χ3v) is 1.54. The summed E-state index contributed by atoms with van der Waals surface area (Å²) in [5, 5.41) is 7.20. The third kappa shape index (κ3) is 0.949. The zero-order valence-electron chi connectivity index (χ0n) is 3.97. The number of rotatable bonds is 1. The highest BCUT2D eigenvalue weighted by molar-refractivity contribution is 8.16. The average molecular weight is 127 g/mol. The predicted molar refractivity (Wildman–Crippen MR) is 33.3 cm³/mol. The minimum atomic E-state index is 0.258. The molecule has 0 amide bonds. The second kappa shape index (κ2) is 2.09. The molecule has 0 aromatic rings. The van der Waals surface area contributed by atoms with Gasteiger partial charge in [0, 0.05) is 0 Å². The van der Waals surface area contributed by atoms with Crippen molar-refractivity contribution >= 4 is 28.9 Å². The molecule has 0 saturated carbocycles. The van der Waals surface area contributed by atoms with Crippen molar-refractivity contribution in [3.8, 4) is 0 Å². The van der Waals surface area contributed by atoms with Gasteiger partial charge in [0.15, 0.2) is 5.04 Å². The van der Waals surface area contributed by atoms with Gasteiger partial charge in [-0.1, -0.05) is 11.8 Å². The fourth-order valence-corrected chi connectivity index (χ4v) is 0.948. The molecule has 8 heavy (non-hydrogen) atoms. The SMILES string of the molecule is N=C1CSC([C]=O)=N1. The average Bonchev–Trinajstić information content (AvgIpc) is 2.14. The molecule has 0 saturated heterocycles. The molecule has 0 bridgehead atoms. The van der Waals surface area contributed by atoms with Gasteiger partial charge < -0.3 is 0 Å². The molecule has 41 valence electrons. The van der Waals surface area contributed by atoms with Gasteiger partial charge in [-0.2, -0.15) is 0 Å². The topological polar surface area (TPSA) is 53.3 Å². The van der Waals surface area contributed by atoms with E-state index in [1.165, 1.54) is 11.8 Å². The molecule has 1 aliphatic rings. The minimum absolute atomic E-state index is 0.258. The number of hydrogen-bond donors (Lipinski definition) is 1. The van der Waals surface area contributed by atoms with Crippen molar-refractivity contribution in [3.05, 3.63) is 0 Å². The van der Waals surface area contributed by atoms with Gasteiger partial charge >= 0.3 is 0 Å². The normalized spacial score (nSPS) is 18.5. The molecule has 1 N–H and O–H groups in total. The van der Waals surface area contributed by atoms with E-state index < -0.39 is 0 Å². The third-order valence-electron chi connectivity index (χ3n) is 0.669. The van der Waals surface area contributed by atoms with Gasteiger partial charge in [0.05, 0.1) is 5.75 Å². The first kappa shape index (κ1) is 5.50. The quantitative estimate of drug-likeness (QED) is 0.547. The van der Waals surface area contributed by atoms with Gasteiger partial charge in [0.2, 0.25) is 0 Å². The van der Waals surface area contributed by atoms with Gasteiger partial charge in [-0.15, -0.1) is 0 Å². The maximum absolute atomic E-state index is 9.78. The van der Waals surface area contributed by atoms with Gasteiger partial charge in [0.25, 0.3) is 6.29 Å². The summed E-state index contributed by atoms with van der Waals surface area (Å²) in [6.07, 6.45) is 1.62. The molecular weight excluding hydrogens is 124 g/mol. The number of nitrogens with zero attached hydrogens (tertiary/aromatic N) is 1. The van der Waals surface area contributed by atoms with Crippen molar-refractivity contribution in [1.82, 2.24) is 0 Å². The molecule has 0 atom stereocenters. The van der Waals surface area contributed by atoms with Gasteiger partial charge in [0.1, 0.15) is 5.84 Å². The highest BCUT2D eigenvalue weighted by atomic mass is 32.2. The van der Waals surface area contributed by atoms with Crippen molar-refractivity contribution in [2.24, 2.45) is 4.99 Å². The van der Waals surface area contributed by atoms with Crippen LogP contribution in [0.1, 0.15) is 0 Å². The Labute approximate surface area is 50.7 Å². The first-order chi connectivity index (χ1) is 3.83. The maximum atomic E-state index is 9.78. The Balaban J connectivity index is 2.70. The molecule has 1 rings (SSSR count). The standard InChI is InChI=1S/C4H3N2OS/c5-3-2-8-4(1-7)6-3/h5H,2H2. The molecule has 4 heteroatoms. The van der Waals surface area contributed by atoms with Crippen LogP contribution in [-0.4, -0.2) is 22.9 Å². The van der Waals surface area contributed by atoms with Crippen LogP contribution in [0, 0.1) is 5.41 Å². The van der Waals surface area contributed by atoms with E-state index in [9.17, 15) is 4.79 Å². The lowest BCUT2D eigenvalue weighted by Gasteiger charge is -1.74. The van der Waals surface area contributed by atoms with Crippen LogP contribution in [0.25, 0.3) is 0 Å². The zero-order chi connectivity index (χ0) is 5.98. The van der Waals surface area contributed by atoms with E-state index in [0.717, 1.165) is 0 Å². The fourth-order valence-electron chi connectivity index (χ4n) is 0.376. The van der Waals surface area contributed by atoms with Crippen LogP contribution >= 0.6 is 11.8 Å². The van der Waals surface area contributed by atoms with E-state index in [-0.39, 0.29) is 5.84 Å². The summed E-state index contributed by atoms with van der Waals surface area (Å²) < 4.78 is 0. The van der Waals surface area contributed by atoms with Crippen molar-refractivity contribution in [1.29, 1.82) is 5.41 Å². The summed E-state index contributed by atoms with van der Waals surface area (Å²) in [5.41, 5.74) is 0. The van der Waals surface area contributed by atoms with Crippen molar-refractivity contribution in [2.45, 2.75) is 0 Å². The number of carbonyl (C=O) groups excluding carboxylic acids is 1.